The summed E-state index contributed by atoms with van der Waals surface area (Å²) in [6.45, 7) is 2.08. The van der Waals surface area contributed by atoms with Gasteiger partial charge in [0.1, 0.15) is 0 Å². The number of hydrogen-bond acceptors (Lipinski definition) is 5. The van der Waals surface area contributed by atoms with Gasteiger partial charge in [-0.3, -0.25) is 9.59 Å². The predicted molar refractivity (Wildman–Crippen MR) is 111 cm³/mol. The lowest BCUT2D eigenvalue weighted by molar-refractivity contribution is -0.117. The van der Waals surface area contributed by atoms with Crippen LogP contribution in [0.3, 0.4) is 0 Å². The van der Waals surface area contributed by atoms with Crippen LogP contribution in [0.4, 0.5) is 11.4 Å². The Morgan fingerprint density at radius 3 is 2.57 bits per heavy atom. The standard InChI is InChI=1S/C21H22N2O6S/c1-14(24)23-11-4-5-15-13-16(8-9-19(15)23)30(28,29)12-10-20(25)22-18-7-3-2-6-17(18)21(26)27/h2-3,6-9,13H,4-5,10-12H2,1H3,(H,22,25)(H,26,27). The third-order valence-electron chi connectivity index (χ3n) is 4.94. The smallest absolute Gasteiger partial charge is 0.337 e. The number of carbonyl (C=O) groups is 3. The van der Waals surface area contributed by atoms with E-state index in [4.69, 9.17) is 5.11 Å². The lowest BCUT2D eigenvalue weighted by atomic mass is 10.0. The van der Waals surface area contributed by atoms with Gasteiger partial charge in [-0.1, -0.05) is 12.1 Å². The van der Waals surface area contributed by atoms with Crippen LogP contribution in [-0.2, 0) is 25.8 Å². The fourth-order valence-electron chi connectivity index (χ4n) is 3.43. The molecule has 9 heteroatoms. The van der Waals surface area contributed by atoms with Crippen molar-refractivity contribution < 1.29 is 27.9 Å². The quantitative estimate of drug-likeness (QED) is 0.726. The zero-order chi connectivity index (χ0) is 21.9. The topological polar surface area (TPSA) is 121 Å². The molecule has 158 valence electrons. The molecule has 0 radical (unpaired) electrons. The molecule has 2 N–H and O–H groups in total. The highest BCUT2D eigenvalue weighted by molar-refractivity contribution is 7.91. The molecule has 0 saturated carbocycles. The van der Waals surface area contributed by atoms with Crippen LogP contribution in [0, 0.1) is 0 Å². The minimum Gasteiger partial charge on any atom is -0.478 e. The number of fused-ring (bicyclic) bond motifs is 1. The summed E-state index contributed by atoms with van der Waals surface area (Å²) in [6.07, 6.45) is 1.11. The van der Waals surface area contributed by atoms with Crippen LogP contribution in [0.5, 0.6) is 0 Å². The number of aromatic carboxylic acids is 1. The SMILES string of the molecule is CC(=O)N1CCCc2cc(S(=O)(=O)CCC(=O)Nc3ccccc3C(=O)O)ccc21. The summed E-state index contributed by atoms with van der Waals surface area (Å²) in [4.78, 5) is 36.9. The van der Waals surface area contributed by atoms with Crippen LogP contribution in [0.25, 0.3) is 0 Å². The highest BCUT2D eigenvalue weighted by Crippen LogP contribution is 2.30. The van der Waals surface area contributed by atoms with Crippen LogP contribution >= 0.6 is 0 Å². The van der Waals surface area contributed by atoms with Gasteiger partial charge in [0.05, 0.1) is 21.9 Å². The second kappa shape index (κ2) is 8.66. The first-order chi connectivity index (χ1) is 14.2. The van der Waals surface area contributed by atoms with Crippen molar-refractivity contribution in [2.24, 2.45) is 0 Å². The largest absolute Gasteiger partial charge is 0.478 e. The maximum Gasteiger partial charge on any atom is 0.337 e. The molecule has 0 aliphatic carbocycles. The number of anilines is 2. The Balaban J connectivity index is 1.71. The Hall–Kier alpha value is -3.20. The molecule has 1 heterocycles. The first-order valence-corrected chi connectivity index (χ1v) is 11.1. The van der Waals surface area contributed by atoms with Crippen LogP contribution in [0.2, 0.25) is 0 Å². The highest BCUT2D eigenvalue weighted by Gasteiger charge is 2.24. The molecule has 2 amide bonds. The first kappa shape index (κ1) is 21.5. The van der Waals surface area contributed by atoms with E-state index in [1.54, 1.807) is 23.1 Å². The molecule has 8 nitrogen and oxygen atoms in total. The molecule has 0 fully saturated rings. The Labute approximate surface area is 174 Å². The fourth-order valence-corrected chi connectivity index (χ4v) is 4.72. The lowest BCUT2D eigenvalue weighted by Gasteiger charge is -2.28. The molecule has 0 saturated heterocycles. The summed E-state index contributed by atoms with van der Waals surface area (Å²) < 4.78 is 25.4. The number of rotatable bonds is 6. The van der Waals surface area contributed by atoms with E-state index in [1.165, 1.54) is 31.2 Å². The molecular formula is C21H22N2O6S. The number of amides is 2. The highest BCUT2D eigenvalue weighted by atomic mass is 32.2. The van der Waals surface area contributed by atoms with Gasteiger partial charge in [-0.2, -0.15) is 0 Å². The number of aryl methyl sites for hydroxylation is 1. The molecule has 1 aliphatic heterocycles. The van der Waals surface area contributed by atoms with Crippen LogP contribution < -0.4 is 10.2 Å². The Kier molecular flexibility index (Phi) is 6.21. The van der Waals surface area contributed by atoms with E-state index >= 15 is 0 Å². The van der Waals surface area contributed by atoms with Gasteiger partial charge in [0.15, 0.2) is 9.84 Å². The molecule has 0 spiro atoms. The predicted octanol–water partition coefficient (Wildman–Crippen LogP) is 2.49. The second-order valence-corrected chi connectivity index (χ2v) is 9.14. The maximum atomic E-state index is 12.7. The second-order valence-electron chi connectivity index (χ2n) is 7.03. The summed E-state index contributed by atoms with van der Waals surface area (Å²) in [5.74, 6) is -2.28. The van der Waals surface area contributed by atoms with E-state index in [-0.39, 0.29) is 28.5 Å². The van der Waals surface area contributed by atoms with Crippen molar-refractivity contribution in [2.45, 2.75) is 31.1 Å². The van der Waals surface area contributed by atoms with Crippen molar-refractivity contribution >= 4 is 39.0 Å². The van der Waals surface area contributed by atoms with Gasteiger partial charge in [-0.05, 0) is 48.7 Å². The van der Waals surface area contributed by atoms with E-state index in [2.05, 4.69) is 5.32 Å². The van der Waals surface area contributed by atoms with E-state index < -0.39 is 27.5 Å². The minimum atomic E-state index is -3.73. The molecule has 0 aromatic heterocycles. The number of para-hydroxylation sites is 1. The number of carbonyl (C=O) groups excluding carboxylic acids is 2. The third kappa shape index (κ3) is 4.68. The van der Waals surface area contributed by atoms with Gasteiger partial charge in [0, 0.05) is 25.6 Å². The maximum absolute atomic E-state index is 12.7. The van der Waals surface area contributed by atoms with Crippen molar-refractivity contribution in [3.8, 4) is 0 Å². The zero-order valence-corrected chi connectivity index (χ0v) is 17.2. The summed E-state index contributed by atoms with van der Waals surface area (Å²) in [5.41, 5.74) is 1.55. The molecule has 0 bridgehead atoms. The molecule has 2 aromatic rings. The number of sulfone groups is 1. The molecular weight excluding hydrogens is 408 g/mol. The van der Waals surface area contributed by atoms with Crippen molar-refractivity contribution in [3.05, 3.63) is 53.6 Å². The summed E-state index contributed by atoms with van der Waals surface area (Å²) >= 11 is 0. The normalized spacial score (nSPS) is 13.4. The number of nitrogens with zero attached hydrogens (tertiary/aromatic N) is 1. The number of carboxylic acid groups (broad SMARTS) is 1. The monoisotopic (exact) mass is 430 g/mol. The van der Waals surface area contributed by atoms with Gasteiger partial charge in [0.25, 0.3) is 0 Å². The molecule has 0 atom stereocenters. The van der Waals surface area contributed by atoms with Crippen molar-refractivity contribution in [1.82, 2.24) is 0 Å². The average molecular weight is 430 g/mol. The van der Waals surface area contributed by atoms with E-state index in [9.17, 15) is 22.8 Å². The zero-order valence-electron chi connectivity index (χ0n) is 16.4. The van der Waals surface area contributed by atoms with E-state index in [0.29, 0.717) is 13.0 Å². The van der Waals surface area contributed by atoms with Crippen LogP contribution in [0.15, 0.2) is 47.4 Å². The van der Waals surface area contributed by atoms with Gasteiger partial charge in [0.2, 0.25) is 11.8 Å². The number of nitrogens with one attached hydrogen (secondary N) is 1. The number of hydrogen-bond donors (Lipinski definition) is 2. The molecule has 3 rings (SSSR count). The first-order valence-electron chi connectivity index (χ1n) is 9.45. The molecule has 2 aromatic carbocycles. The van der Waals surface area contributed by atoms with E-state index in [1.807, 2.05) is 0 Å². The Morgan fingerprint density at radius 1 is 1.13 bits per heavy atom. The van der Waals surface area contributed by atoms with Gasteiger partial charge < -0.3 is 15.3 Å². The van der Waals surface area contributed by atoms with Crippen molar-refractivity contribution in [3.63, 3.8) is 0 Å². The average Bonchev–Trinajstić information content (AvgIpc) is 2.71. The molecule has 30 heavy (non-hydrogen) atoms. The Morgan fingerprint density at radius 2 is 1.87 bits per heavy atom. The van der Waals surface area contributed by atoms with Crippen LogP contribution in [-0.4, -0.2) is 43.6 Å². The summed E-state index contributed by atoms with van der Waals surface area (Å²) in [7, 11) is -3.73. The Bertz CT molecular complexity index is 1110. The van der Waals surface area contributed by atoms with Crippen molar-refractivity contribution in [2.75, 3.05) is 22.5 Å². The van der Waals surface area contributed by atoms with Crippen molar-refractivity contribution in [1.29, 1.82) is 0 Å². The molecule has 1 aliphatic rings. The lowest BCUT2D eigenvalue weighted by Crippen LogP contribution is -2.33. The number of benzene rings is 2. The van der Waals surface area contributed by atoms with Gasteiger partial charge >= 0.3 is 5.97 Å². The van der Waals surface area contributed by atoms with E-state index in [0.717, 1.165) is 17.7 Å². The minimum absolute atomic E-state index is 0.0709. The summed E-state index contributed by atoms with van der Waals surface area (Å²) in [5, 5.41) is 11.6. The number of carboxylic acids is 1. The van der Waals surface area contributed by atoms with Gasteiger partial charge in [-0.15, -0.1) is 0 Å². The van der Waals surface area contributed by atoms with Crippen LogP contribution in [0.1, 0.15) is 35.7 Å². The molecule has 0 unspecified atom stereocenters. The summed E-state index contributed by atoms with van der Waals surface area (Å²) in [6, 6.07) is 10.6. The fraction of sp³-hybridized carbons (Fsp3) is 0.286. The van der Waals surface area contributed by atoms with Gasteiger partial charge in [-0.25, -0.2) is 13.2 Å². The third-order valence-corrected chi connectivity index (χ3v) is 6.65.